The highest BCUT2D eigenvalue weighted by molar-refractivity contribution is 6.00. The van der Waals surface area contributed by atoms with Crippen molar-refractivity contribution in [3.63, 3.8) is 0 Å². The summed E-state index contributed by atoms with van der Waals surface area (Å²) in [6.45, 7) is 4.26. The van der Waals surface area contributed by atoms with E-state index < -0.39 is 18.0 Å². The monoisotopic (exact) mass is 460 g/mol. The van der Waals surface area contributed by atoms with Crippen LogP contribution in [0, 0.1) is 5.82 Å². The van der Waals surface area contributed by atoms with Gasteiger partial charge in [-0.1, -0.05) is 0 Å². The number of carbonyl (C=O) groups is 1. The number of nitrogens with one attached hydrogen (secondary N) is 1. The van der Waals surface area contributed by atoms with Crippen LogP contribution in [0.25, 0.3) is 22.6 Å². The van der Waals surface area contributed by atoms with E-state index in [9.17, 15) is 9.18 Å². The van der Waals surface area contributed by atoms with Gasteiger partial charge in [0.25, 0.3) is 5.91 Å². The lowest BCUT2D eigenvalue weighted by atomic mass is 9.92. The highest BCUT2D eigenvalue weighted by atomic mass is 19.1. The van der Waals surface area contributed by atoms with Crippen LogP contribution in [-0.4, -0.2) is 35.7 Å². The largest absolute Gasteiger partial charge is 0.482 e. The smallest absolute Gasteiger partial charge is 0.272 e. The highest BCUT2D eigenvalue weighted by Crippen LogP contribution is 2.44. The van der Waals surface area contributed by atoms with Crippen LogP contribution >= 0.6 is 0 Å². The fourth-order valence-corrected chi connectivity index (χ4v) is 4.78. The Morgan fingerprint density at radius 3 is 2.79 bits per heavy atom. The maximum absolute atomic E-state index is 14.3. The first-order valence-corrected chi connectivity index (χ1v) is 10.9. The third-order valence-corrected chi connectivity index (χ3v) is 6.27. The average molecular weight is 460 g/mol. The van der Waals surface area contributed by atoms with E-state index in [-0.39, 0.29) is 11.7 Å². The molecule has 172 valence electrons. The molecular formula is C23H21FN8O2. The maximum Gasteiger partial charge on any atom is 0.272 e. The first-order valence-electron chi connectivity index (χ1n) is 10.9. The number of carbonyl (C=O) groups excluding carboxylic acids is 1. The molecule has 0 radical (unpaired) electrons. The number of hydrogen-bond donors (Lipinski definition) is 2. The predicted octanol–water partition coefficient (Wildman–Crippen LogP) is 2.77. The van der Waals surface area contributed by atoms with E-state index in [0.29, 0.717) is 51.8 Å². The number of benzene rings is 1. The lowest BCUT2D eigenvalue weighted by Gasteiger charge is -2.22. The van der Waals surface area contributed by atoms with Gasteiger partial charge < -0.3 is 15.8 Å². The fraction of sp³-hybridized carbons (Fsp3) is 0.261. The van der Waals surface area contributed by atoms with Crippen molar-refractivity contribution in [3.8, 4) is 28.4 Å². The van der Waals surface area contributed by atoms with Crippen molar-refractivity contribution in [2.75, 3.05) is 5.73 Å². The molecule has 10 nitrogen and oxygen atoms in total. The standard InChI is InChI=1S/C23H21FN8O2/c1-4-32-21-15-8-16(22(25)28-27-15)34-10(2)13-7-11(24)5-6-12(13)18-14(9-31(3)29-18)19-17(21)20(30-32)23(33)26-19/h5-10,19H,4H2,1-3H3,(H2,25,28)(H,26,33)/t10-,19-/m1/s1. The molecule has 3 N–H and O–H groups in total. The van der Waals surface area contributed by atoms with Gasteiger partial charge in [-0.25, -0.2) is 4.39 Å². The second kappa shape index (κ2) is 7.11. The number of amides is 1. The molecule has 1 aromatic carbocycles. The Bertz CT molecular complexity index is 1490. The van der Waals surface area contributed by atoms with E-state index in [4.69, 9.17) is 10.5 Å². The Hall–Kier alpha value is -4.28. The lowest BCUT2D eigenvalue weighted by Crippen LogP contribution is -2.23. The predicted molar refractivity (Wildman–Crippen MR) is 120 cm³/mol. The Morgan fingerprint density at radius 1 is 1.18 bits per heavy atom. The summed E-state index contributed by atoms with van der Waals surface area (Å²) in [5.74, 6) is -0.274. The van der Waals surface area contributed by atoms with Crippen LogP contribution in [0.3, 0.4) is 0 Å². The Balaban J connectivity index is 1.73. The summed E-state index contributed by atoms with van der Waals surface area (Å²) in [4.78, 5) is 13.0. The zero-order valence-electron chi connectivity index (χ0n) is 18.7. The molecule has 34 heavy (non-hydrogen) atoms. The number of fused-ring (bicyclic) bond motifs is 7. The number of nitrogens with two attached hydrogens (primary N) is 1. The molecule has 2 aliphatic rings. The summed E-state index contributed by atoms with van der Waals surface area (Å²) in [7, 11) is 1.80. The van der Waals surface area contributed by atoms with Gasteiger partial charge in [-0.15, -0.1) is 10.2 Å². The van der Waals surface area contributed by atoms with Gasteiger partial charge in [0.2, 0.25) is 0 Å². The molecule has 0 fully saturated rings. The molecule has 1 amide bonds. The summed E-state index contributed by atoms with van der Waals surface area (Å²) >= 11 is 0. The van der Waals surface area contributed by atoms with Crippen molar-refractivity contribution in [1.82, 2.24) is 35.1 Å². The van der Waals surface area contributed by atoms with Crippen molar-refractivity contribution in [2.24, 2.45) is 7.05 Å². The van der Waals surface area contributed by atoms with Crippen LogP contribution in [0.5, 0.6) is 5.75 Å². The molecule has 2 aliphatic heterocycles. The van der Waals surface area contributed by atoms with E-state index in [1.807, 2.05) is 20.0 Å². The van der Waals surface area contributed by atoms with Gasteiger partial charge in [-0.2, -0.15) is 10.2 Å². The molecule has 11 heteroatoms. The quantitative estimate of drug-likeness (QED) is 0.447. The first kappa shape index (κ1) is 20.3. The van der Waals surface area contributed by atoms with Gasteiger partial charge in [-0.05, 0) is 32.0 Å². The topological polar surface area (TPSA) is 126 Å². The molecule has 0 saturated carbocycles. The Labute approximate surface area is 193 Å². The molecule has 4 aromatic rings. The zero-order valence-corrected chi connectivity index (χ0v) is 18.7. The zero-order chi connectivity index (χ0) is 23.7. The molecule has 6 rings (SSSR count). The summed E-state index contributed by atoms with van der Waals surface area (Å²) < 4.78 is 23.9. The van der Waals surface area contributed by atoms with Gasteiger partial charge in [0, 0.05) is 48.1 Å². The van der Waals surface area contributed by atoms with Gasteiger partial charge in [-0.3, -0.25) is 14.2 Å². The fourth-order valence-electron chi connectivity index (χ4n) is 4.78. The molecule has 3 aromatic heterocycles. The van der Waals surface area contributed by atoms with Crippen LogP contribution in [-0.2, 0) is 13.6 Å². The van der Waals surface area contributed by atoms with Crippen LogP contribution in [0.15, 0.2) is 30.5 Å². The number of nitrogen functional groups attached to an aromatic ring is 1. The molecule has 2 atom stereocenters. The van der Waals surface area contributed by atoms with Crippen molar-refractivity contribution in [2.45, 2.75) is 32.5 Å². The molecule has 2 bridgehead atoms. The minimum absolute atomic E-state index is 0.106. The molecule has 0 aliphatic carbocycles. The van der Waals surface area contributed by atoms with Gasteiger partial charge in [0.15, 0.2) is 17.3 Å². The van der Waals surface area contributed by atoms with E-state index >= 15 is 0 Å². The minimum Gasteiger partial charge on any atom is -0.482 e. The van der Waals surface area contributed by atoms with Crippen molar-refractivity contribution in [1.29, 1.82) is 0 Å². The van der Waals surface area contributed by atoms with E-state index in [2.05, 4.69) is 25.7 Å². The van der Waals surface area contributed by atoms with E-state index in [1.54, 1.807) is 28.5 Å². The summed E-state index contributed by atoms with van der Waals surface area (Å²) in [6, 6.07) is 5.64. The first-order chi connectivity index (χ1) is 16.4. The lowest BCUT2D eigenvalue weighted by molar-refractivity contribution is 0.0954. The van der Waals surface area contributed by atoms with Gasteiger partial charge in [0.05, 0.1) is 17.4 Å². The van der Waals surface area contributed by atoms with Crippen LogP contribution in [0.1, 0.15) is 53.2 Å². The number of aromatic nitrogens is 6. The van der Waals surface area contributed by atoms with Crippen LogP contribution in [0.2, 0.25) is 0 Å². The van der Waals surface area contributed by atoms with E-state index in [1.165, 1.54) is 12.1 Å². The summed E-state index contributed by atoms with van der Waals surface area (Å²) in [5, 5.41) is 20.7. The summed E-state index contributed by atoms with van der Waals surface area (Å²) in [5.41, 5.74) is 10.9. The second-order valence-corrected chi connectivity index (χ2v) is 8.41. The normalized spacial score (nSPS) is 18.2. The molecule has 0 spiro atoms. The number of nitrogens with zero attached hydrogens (tertiary/aromatic N) is 6. The molecular weight excluding hydrogens is 439 g/mol. The number of halogens is 1. The number of anilines is 1. The summed E-state index contributed by atoms with van der Waals surface area (Å²) in [6.07, 6.45) is 1.27. The number of aryl methyl sites for hydroxylation is 2. The Kier molecular flexibility index (Phi) is 4.25. The maximum atomic E-state index is 14.3. The van der Waals surface area contributed by atoms with Gasteiger partial charge in [0.1, 0.15) is 17.6 Å². The van der Waals surface area contributed by atoms with E-state index in [0.717, 1.165) is 5.56 Å². The molecule has 5 heterocycles. The number of rotatable bonds is 1. The van der Waals surface area contributed by atoms with Crippen molar-refractivity contribution < 1.29 is 13.9 Å². The van der Waals surface area contributed by atoms with Crippen molar-refractivity contribution >= 4 is 11.7 Å². The highest BCUT2D eigenvalue weighted by Gasteiger charge is 2.40. The van der Waals surface area contributed by atoms with Crippen LogP contribution < -0.4 is 15.8 Å². The molecule has 0 unspecified atom stereocenters. The third-order valence-electron chi connectivity index (χ3n) is 6.27. The van der Waals surface area contributed by atoms with Gasteiger partial charge >= 0.3 is 0 Å². The average Bonchev–Trinajstić information content (AvgIpc) is 3.47. The van der Waals surface area contributed by atoms with Crippen LogP contribution in [0.4, 0.5) is 10.2 Å². The molecule has 0 saturated heterocycles. The minimum atomic E-state index is -0.580. The number of hydrogen-bond acceptors (Lipinski definition) is 7. The third kappa shape index (κ3) is 2.82. The number of ether oxygens (including phenoxy) is 1. The second-order valence-electron chi connectivity index (χ2n) is 8.41. The van der Waals surface area contributed by atoms with Crippen molar-refractivity contribution in [3.05, 3.63) is 58.7 Å². The Morgan fingerprint density at radius 2 is 2.00 bits per heavy atom. The SMILES string of the molecule is CCn1nc2c3c1-c1cc(c(N)nn1)O[C@H](C)c1cc(F)ccc1-c1nn(C)cc1[C@H]3NC2=O.